The zero-order chi connectivity index (χ0) is 99.9. The number of unbranched alkanes of at least 4 members (excludes halogenated alkanes) is 1. The number of primary amides is 1. The van der Waals surface area contributed by atoms with Gasteiger partial charge in [-0.05, 0) is 158 Å². The number of aliphatic carboxylic acids is 1. The lowest BCUT2D eigenvalue weighted by Crippen LogP contribution is -2.63. The lowest BCUT2D eigenvalue weighted by Gasteiger charge is -2.32. The van der Waals surface area contributed by atoms with Crippen molar-refractivity contribution in [1.82, 2.24) is 79.3 Å². The Morgan fingerprint density at radius 2 is 0.789 bits per heavy atom. The van der Waals surface area contributed by atoms with Crippen molar-refractivity contribution in [2.24, 2.45) is 91.0 Å². The van der Waals surface area contributed by atoms with E-state index in [1.54, 1.807) is 41.5 Å². The fourth-order valence-electron chi connectivity index (χ4n) is 14.8. The van der Waals surface area contributed by atoms with Crippen molar-refractivity contribution in [1.29, 1.82) is 0 Å². The molecule has 1 aliphatic carbocycles. The van der Waals surface area contributed by atoms with Gasteiger partial charge in [0, 0.05) is 37.6 Å². The van der Waals surface area contributed by atoms with Gasteiger partial charge in [-0.1, -0.05) is 98.6 Å². The number of thiol groups is 2. The molecule has 133 heavy (non-hydrogen) atoms. The van der Waals surface area contributed by atoms with Crippen LogP contribution >= 0.6 is 25.3 Å². The van der Waals surface area contributed by atoms with Gasteiger partial charge >= 0.3 is 5.97 Å². The van der Waals surface area contributed by atoms with Gasteiger partial charge in [0.2, 0.25) is 94.5 Å². The van der Waals surface area contributed by atoms with E-state index in [-0.39, 0.29) is 146 Å². The number of guanidine groups is 2. The molecule has 1 saturated carbocycles. The van der Waals surface area contributed by atoms with Crippen molar-refractivity contribution in [3.63, 3.8) is 0 Å². The summed E-state index contributed by atoms with van der Waals surface area (Å²) in [4.78, 5) is 249. The zero-order valence-corrected chi connectivity index (χ0v) is 78.9. The first-order valence-corrected chi connectivity index (χ1v) is 46.6. The maximum atomic E-state index is 14.7. The predicted molar refractivity (Wildman–Crippen MR) is 501 cm³/mol. The number of likely N-dealkylation sites (tertiary alicyclic amines) is 1. The second-order valence-electron chi connectivity index (χ2n) is 34.0. The van der Waals surface area contributed by atoms with Gasteiger partial charge in [-0.3, -0.25) is 86.7 Å². The van der Waals surface area contributed by atoms with Gasteiger partial charge in [0.25, 0.3) is 0 Å². The van der Waals surface area contributed by atoms with Gasteiger partial charge in [-0.15, -0.1) is 0 Å². The van der Waals surface area contributed by atoms with E-state index in [0.29, 0.717) is 37.7 Å². The van der Waals surface area contributed by atoms with E-state index in [1.807, 2.05) is 0 Å². The second kappa shape index (κ2) is 61.0. The van der Waals surface area contributed by atoms with Crippen LogP contribution in [0.25, 0.3) is 0 Å². The van der Waals surface area contributed by atoms with Gasteiger partial charge in [-0.2, -0.15) is 25.3 Å². The molecule has 1 aromatic carbocycles. The van der Waals surface area contributed by atoms with Crippen LogP contribution in [-0.2, 0) is 87.9 Å². The molecule has 37 N–H and O–H groups in total. The standard InChI is InChI=1S/C84H147N27O20S2/c1-8-44(5)64(109-79(127)65(45(6)9-2)108-77(125)61-23-17-37-111(61)81(129)63(90)43(3)4)78(126)104-56(38-48-24-26-49(113)27-25-48)73(121)107-60(42-133)76(124)103-57(40-62(89)114)74(122)99-51(21-15-35-95-83(91)92)67(115)100-55(30-34-88)72(120)110-66(46(7)112)80(128)102-54(29-33-87)71(119)97-50(20-13-14-31-85)69(117)106-59(41-132)75(123)101-53(28-32-86)70(118)98-52(22-16-36-96-84(93)94)68(116)105-58(82(130)131)39-47-18-11-10-12-19-47/h24-27,43-47,50-61,63-66,112-113,132-133H,8-23,28-42,85-88,90H2,1-7H3,(H2,89,114)(H,97,119)(H,98,118)(H,99,122)(H,100,115)(H,101,123)(H,102,128)(H,103,124)(H,104,126)(H,105,116)(H,106,117)(H,107,121)(H,108,125)(H,109,127)(H,110,120)(H,130,131)(H4,91,92,95)(H4,93,94,96)/t44-,45-,46+,50-,51-,52-,53-,54+,55-,56-,57-,58-,59-,60-,61-,63-,64-,65-,66-/m0/s1. The Morgan fingerprint density at radius 3 is 1.20 bits per heavy atom. The Balaban J connectivity index is 1.90. The zero-order valence-electron chi connectivity index (χ0n) is 77.1. The highest BCUT2D eigenvalue weighted by Crippen LogP contribution is 2.28. The molecule has 16 amide bonds. The number of aromatic hydroxyl groups is 1. The number of aliphatic hydroxyl groups is 1. The van der Waals surface area contributed by atoms with Gasteiger partial charge < -0.3 is 152 Å². The molecule has 1 saturated heterocycles. The number of nitrogens with one attached hydrogen (secondary N) is 14. The Kier molecular flexibility index (Phi) is 53.3. The number of aliphatic hydroxyl groups excluding tert-OH is 1. The van der Waals surface area contributed by atoms with E-state index in [0.717, 1.165) is 39.0 Å². The molecule has 1 aliphatic heterocycles. The highest BCUT2D eigenvalue weighted by atomic mass is 32.1. The van der Waals surface area contributed by atoms with Gasteiger partial charge in [-0.25, -0.2) is 4.79 Å². The number of nitrogens with two attached hydrogens (primary N) is 10. The number of nitrogens with zero attached hydrogens (tertiary/aromatic N) is 3. The third kappa shape index (κ3) is 40.8. The number of phenols is 1. The van der Waals surface area contributed by atoms with Crippen molar-refractivity contribution in [2.75, 3.05) is 57.3 Å². The topological polar surface area (TPSA) is 807 Å². The van der Waals surface area contributed by atoms with E-state index in [9.17, 15) is 96.8 Å². The van der Waals surface area contributed by atoms with E-state index >= 15 is 0 Å². The number of carbonyl (C=O) groups is 17. The summed E-state index contributed by atoms with van der Waals surface area (Å²) >= 11 is 8.61. The Labute approximate surface area is 786 Å². The second-order valence-corrected chi connectivity index (χ2v) is 34.7. The normalized spacial score (nSPS) is 17.3. The number of carbonyl (C=O) groups excluding carboxylic acids is 16. The number of hydrogen-bond acceptors (Lipinski definition) is 28. The van der Waals surface area contributed by atoms with E-state index in [1.165, 1.54) is 29.2 Å². The van der Waals surface area contributed by atoms with Crippen molar-refractivity contribution >= 4 is 138 Å². The van der Waals surface area contributed by atoms with Crippen LogP contribution in [0.2, 0.25) is 0 Å². The highest BCUT2D eigenvalue weighted by molar-refractivity contribution is 7.80. The monoisotopic (exact) mass is 1920 g/mol. The first-order valence-electron chi connectivity index (χ1n) is 45.4. The van der Waals surface area contributed by atoms with Crippen LogP contribution in [0.3, 0.4) is 0 Å². The molecular formula is C84H147N27O20S2. The summed E-state index contributed by atoms with van der Waals surface area (Å²) in [6, 6.07) is -18.1. The van der Waals surface area contributed by atoms with E-state index in [2.05, 4.69) is 110 Å². The molecular weight excluding hydrogens is 1770 g/mol. The molecule has 3 rings (SSSR count). The number of carboxylic acid groups (broad SMARTS) is 1. The van der Waals surface area contributed by atoms with Crippen LogP contribution in [0, 0.1) is 23.7 Å². The first-order chi connectivity index (χ1) is 62.9. The molecule has 1 aromatic rings. The molecule has 0 unspecified atom stereocenters. The molecule has 750 valence electrons. The van der Waals surface area contributed by atoms with Crippen molar-refractivity contribution < 1.29 is 96.8 Å². The molecule has 19 atom stereocenters. The van der Waals surface area contributed by atoms with Crippen LogP contribution in [0.1, 0.15) is 189 Å². The minimum absolute atomic E-state index is 0.0338. The summed E-state index contributed by atoms with van der Waals surface area (Å²) < 4.78 is 0. The minimum Gasteiger partial charge on any atom is -0.508 e. The fraction of sp³-hybridized carbons (Fsp3) is 0.702. The number of phenolic OH excluding ortho intramolecular Hbond substituents is 1. The van der Waals surface area contributed by atoms with Crippen molar-refractivity contribution in [2.45, 2.75) is 292 Å². The molecule has 0 radical (unpaired) electrons. The van der Waals surface area contributed by atoms with Crippen molar-refractivity contribution in [3.8, 4) is 5.75 Å². The molecule has 0 aromatic heterocycles. The minimum atomic E-state index is -1.94. The molecule has 1 heterocycles. The van der Waals surface area contributed by atoms with Crippen LogP contribution in [0.15, 0.2) is 34.3 Å². The fourth-order valence-corrected chi connectivity index (χ4v) is 15.3. The summed E-state index contributed by atoms with van der Waals surface area (Å²) in [7, 11) is 0. The lowest BCUT2D eigenvalue weighted by atomic mass is 9.84. The van der Waals surface area contributed by atoms with Crippen LogP contribution in [0.4, 0.5) is 0 Å². The third-order valence-corrected chi connectivity index (χ3v) is 23.8. The molecule has 0 spiro atoms. The van der Waals surface area contributed by atoms with Crippen molar-refractivity contribution in [3.05, 3.63) is 29.8 Å². The maximum Gasteiger partial charge on any atom is 0.326 e. The predicted octanol–water partition coefficient (Wildman–Crippen LogP) is -7.76. The number of benzene rings is 1. The number of carboxylic acids is 1. The quantitative estimate of drug-likeness (QED) is 0.0125. The molecule has 47 nitrogen and oxygen atoms in total. The average molecular weight is 1920 g/mol. The van der Waals surface area contributed by atoms with Crippen LogP contribution < -0.4 is 132 Å². The smallest absolute Gasteiger partial charge is 0.326 e. The molecule has 2 fully saturated rings. The summed E-state index contributed by atoms with van der Waals surface area (Å²) in [5, 5.41) is 67.0. The Morgan fingerprint density at radius 1 is 0.429 bits per heavy atom. The largest absolute Gasteiger partial charge is 0.508 e. The maximum absolute atomic E-state index is 14.7. The number of hydrogen-bond donors (Lipinski definition) is 29. The molecule has 2 aliphatic rings. The average Bonchev–Trinajstić information content (AvgIpc) is 1.80. The van der Waals surface area contributed by atoms with E-state index in [4.69, 9.17) is 57.3 Å². The summed E-state index contributed by atoms with van der Waals surface area (Å²) in [6.07, 6.45) is 2.21. The van der Waals surface area contributed by atoms with E-state index < -0.39 is 233 Å². The highest BCUT2D eigenvalue weighted by Gasteiger charge is 2.43. The lowest BCUT2D eigenvalue weighted by molar-refractivity contribution is -0.143. The number of rotatable bonds is 62. The summed E-state index contributed by atoms with van der Waals surface area (Å²) in [5.41, 5.74) is 58.0. The summed E-state index contributed by atoms with van der Waals surface area (Å²) in [6.45, 7) is 11.1. The number of aliphatic imine (C=N–C) groups is 2. The number of amides is 16. The first kappa shape index (κ1) is 116. The van der Waals surface area contributed by atoms with Gasteiger partial charge in [0.1, 0.15) is 96.4 Å². The van der Waals surface area contributed by atoms with Gasteiger partial charge in [0.15, 0.2) is 11.9 Å². The SMILES string of the molecule is CC[C@H](C)[C@H](NC(=O)[C@@H](NC(=O)[C@@H]1CCCN1C(=O)[C@@H](N)C(C)C)[C@@H](C)CC)C(=O)N[C@@H](Cc1ccc(O)cc1)C(=O)N[C@@H](CS)C(=O)N[C@@H](CC(N)=O)C(=O)N[C@@H](CCCN=C(N)N)C(=O)N[C@@H](CCN)C(=O)N[C@H](C(=O)N[C@H](CCN)C(=O)N[C@@H](CCCCN)C(=O)N[C@@H](CS)C(=O)N[C@@H](CCN)C(=O)N[C@@H](CCCN=C(N)N)C(=O)N[C@@H](CC1CCCCC1)C(=O)O)[C@@H](C)O. The third-order valence-electron chi connectivity index (χ3n) is 23.1. The Hall–Kier alpha value is -11.0. The van der Waals surface area contributed by atoms with Crippen LogP contribution in [-0.4, -0.2) is 293 Å². The van der Waals surface area contributed by atoms with Crippen LogP contribution in [0.5, 0.6) is 5.75 Å². The Bertz CT molecular complexity index is 4050. The summed E-state index contributed by atoms with van der Waals surface area (Å²) in [5.74, 6) is -19.6. The molecule has 49 heteroatoms. The van der Waals surface area contributed by atoms with Gasteiger partial charge in [0.05, 0.1) is 18.6 Å². The molecule has 0 bridgehead atoms.